The second kappa shape index (κ2) is 6.19. The van der Waals surface area contributed by atoms with E-state index in [1.165, 1.54) is 0 Å². The average molecular weight is 398 g/mol. The molecule has 2 saturated carbocycles. The molecular weight excluding hydrogens is 372 g/mol. The molecule has 1 aromatic carbocycles. The van der Waals surface area contributed by atoms with Crippen LogP contribution in [0.4, 0.5) is 21.0 Å². The maximum atomic E-state index is 13.0. The molecule has 1 aromatic rings. The van der Waals surface area contributed by atoms with Gasteiger partial charge < -0.3 is 20.3 Å². The van der Waals surface area contributed by atoms with E-state index in [9.17, 15) is 14.4 Å². The first-order chi connectivity index (χ1) is 13.8. The highest BCUT2D eigenvalue weighted by molar-refractivity contribution is 6.23. The normalized spacial score (nSPS) is 34.1. The SMILES string of the molecule is COC1C2CC3CN(C(=O)Nc4cccc(N5C(=O)NC(C)(C)C5=O)c4)C1C3C2. The monoisotopic (exact) mass is 398 g/mol. The Bertz CT molecular complexity index is 898. The lowest BCUT2D eigenvalue weighted by molar-refractivity contribution is -0.121. The summed E-state index contributed by atoms with van der Waals surface area (Å²) in [4.78, 5) is 40.9. The average Bonchev–Trinajstić information content (AvgIpc) is 3.33. The van der Waals surface area contributed by atoms with Crippen LogP contribution in [0.2, 0.25) is 0 Å². The van der Waals surface area contributed by atoms with Crippen molar-refractivity contribution < 1.29 is 19.1 Å². The molecule has 4 aliphatic rings. The second-order valence-corrected chi connectivity index (χ2v) is 9.17. The molecule has 2 aliphatic carbocycles. The van der Waals surface area contributed by atoms with Crippen molar-refractivity contribution >= 4 is 29.3 Å². The molecule has 5 rings (SSSR count). The van der Waals surface area contributed by atoms with Crippen molar-refractivity contribution in [2.75, 3.05) is 23.9 Å². The Morgan fingerprint density at radius 1 is 1.24 bits per heavy atom. The van der Waals surface area contributed by atoms with Crippen LogP contribution in [0.25, 0.3) is 0 Å². The van der Waals surface area contributed by atoms with Gasteiger partial charge in [-0.25, -0.2) is 14.5 Å². The van der Waals surface area contributed by atoms with Crippen molar-refractivity contribution in [2.45, 2.75) is 44.4 Å². The lowest BCUT2D eigenvalue weighted by Crippen LogP contribution is -2.46. The third kappa shape index (κ3) is 2.65. The van der Waals surface area contributed by atoms with Crippen LogP contribution in [0, 0.1) is 17.8 Å². The van der Waals surface area contributed by atoms with E-state index in [4.69, 9.17) is 4.74 Å². The molecule has 4 fully saturated rings. The van der Waals surface area contributed by atoms with E-state index < -0.39 is 11.6 Å². The van der Waals surface area contributed by atoms with Gasteiger partial charge in [0, 0.05) is 19.3 Å². The fraction of sp³-hybridized carbons (Fsp3) is 0.571. The molecule has 5 unspecified atom stereocenters. The number of fused-ring (bicyclic) bond motifs is 1. The predicted octanol–water partition coefficient (Wildman–Crippen LogP) is 2.41. The van der Waals surface area contributed by atoms with Crippen molar-refractivity contribution in [3.63, 3.8) is 0 Å². The second-order valence-electron chi connectivity index (χ2n) is 9.17. The number of nitrogens with zero attached hydrogens (tertiary/aromatic N) is 2. The lowest BCUT2D eigenvalue weighted by atomic mass is 9.88. The summed E-state index contributed by atoms with van der Waals surface area (Å²) in [5.41, 5.74) is 0.0490. The number of carbonyl (C=O) groups is 3. The van der Waals surface area contributed by atoms with Gasteiger partial charge in [0.2, 0.25) is 0 Å². The Morgan fingerprint density at radius 2 is 2.03 bits per heavy atom. The van der Waals surface area contributed by atoms with Gasteiger partial charge in [0.15, 0.2) is 0 Å². The van der Waals surface area contributed by atoms with Crippen LogP contribution in [-0.2, 0) is 9.53 Å². The summed E-state index contributed by atoms with van der Waals surface area (Å²) in [5.74, 6) is 1.35. The van der Waals surface area contributed by atoms with E-state index in [1.54, 1.807) is 45.2 Å². The molecule has 0 aromatic heterocycles. The van der Waals surface area contributed by atoms with Gasteiger partial charge in [-0.2, -0.15) is 0 Å². The maximum Gasteiger partial charge on any atom is 0.329 e. The van der Waals surface area contributed by atoms with Gasteiger partial charge >= 0.3 is 12.1 Å². The molecule has 5 atom stereocenters. The molecule has 2 saturated heterocycles. The lowest BCUT2D eigenvalue weighted by Gasteiger charge is -2.31. The molecule has 2 N–H and O–H groups in total. The van der Waals surface area contributed by atoms with Crippen molar-refractivity contribution in [1.29, 1.82) is 0 Å². The number of likely N-dealkylation sites (tertiary alicyclic amines) is 1. The molecule has 0 radical (unpaired) electrons. The minimum atomic E-state index is -0.945. The molecule has 29 heavy (non-hydrogen) atoms. The van der Waals surface area contributed by atoms with E-state index in [1.807, 2.05) is 4.90 Å². The van der Waals surface area contributed by atoms with Crippen LogP contribution >= 0.6 is 0 Å². The number of urea groups is 2. The zero-order valence-corrected chi connectivity index (χ0v) is 16.8. The first-order valence-electron chi connectivity index (χ1n) is 10.2. The Kier molecular flexibility index (Phi) is 3.93. The maximum absolute atomic E-state index is 13.0. The molecule has 2 bridgehead atoms. The Balaban J connectivity index is 1.34. The van der Waals surface area contributed by atoms with Gasteiger partial charge in [0.05, 0.1) is 17.8 Å². The van der Waals surface area contributed by atoms with Crippen LogP contribution in [-0.4, -0.2) is 54.2 Å². The van der Waals surface area contributed by atoms with Crippen LogP contribution in [0.1, 0.15) is 26.7 Å². The van der Waals surface area contributed by atoms with E-state index in [-0.39, 0.29) is 24.1 Å². The number of rotatable bonds is 3. The number of methoxy groups -OCH3 is 1. The summed E-state index contributed by atoms with van der Waals surface area (Å²) >= 11 is 0. The molecule has 8 heteroatoms. The Morgan fingerprint density at radius 3 is 2.72 bits per heavy atom. The molecule has 8 nitrogen and oxygen atoms in total. The molecular formula is C21H26N4O4. The number of ether oxygens (including phenoxy) is 1. The minimum absolute atomic E-state index is 0.115. The van der Waals surface area contributed by atoms with E-state index in [0.29, 0.717) is 29.1 Å². The minimum Gasteiger partial charge on any atom is -0.379 e. The number of nitrogens with one attached hydrogen (secondary N) is 2. The van der Waals surface area contributed by atoms with E-state index >= 15 is 0 Å². The summed E-state index contributed by atoms with van der Waals surface area (Å²) in [5, 5.41) is 5.63. The fourth-order valence-corrected chi connectivity index (χ4v) is 5.85. The Labute approximate surface area is 169 Å². The van der Waals surface area contributed by atoms with Gasteiger partial charge in [-0.1, -0.05) is 6.07 Å². The summed E-state index contributed by atoms with van der Waals surface area (Å²) < 4.78 is 5.73. The molecule has 0 spiro atoms. The van der Waals surface area contributed by atoms with Crippen LogP contribution in [0.15, 0.2) is 24.3 Å². The van der Waals surface area contributed by atoms with Gasteiger partial charge in [0.25, 0.3) is 5.91 Å². The predicted molar refractivity (Wildman–Crippen MR) is 107 cm³/mol. The fourth-order valence-electron chi connectivity index (χ4n) is 5.85. The Hall–Kier alpha value is -2.61. The number of imide groups is 1. The van der Waals surface area contributed by atoms with Crippen molar-refractivity contribution in [1.82, 2.24) is 10.2 Å². The number of benzene rings is 1. The van der Waals surface area contributed by atoms with Crippen molar-refractivity contribution in [3.05, 3.63) is 24.3 Å². The number of carbonyl (C=O) groups excluding carboxylic acids is 3. The van der Waals surface area contributed by atoms with Gasteiger partial charge in [0.1, 0.15) is 5.54 Å². The van der Waals surface area contributed by atoms with Crippen molar-refractivity contribution in [2.24, 2.45) is 17.8 Å². The summed E-state index contributed by atoms with van der Waals surface area (Å²) in [7, 11) is 1.73. The summed E-state index contributed by atoms with van der Waals surface area (Å²) in [6.45, 7) is 4.10. The third-order valence-corrected chi connectivity index (χ3v) is 7.07. The largest absolute Gasteiger partial charge is 0.379 e. The highest BCUT2D eigenvalue weighted by Gasteiger charge is 2.60. The third-order valence-electron chi connectivity index (χ3n) is 7.07. The molecule has 5 amide bonds. The first kappa shape index (κ1) is 18.4. The molecule has 154 valence electrons. The van der Waals surface area contributed by atoms with Crippen LogP contribution in [0.5, 0.6) is 0 Å². The quantitative estimate of drug-likeness (QED) is 0.765. The summed E-state index contributed by atoms with van der Waals surface area (Å²) in [6, 6.07) is 6.37. The highest BCUT2D eigenvalue weighted by Crippen LogP contribution is 2.55. The van der Waals surface area contributed by atoms with E-state index in [2.05, 4.69) is 10.6 Å². The van der Waals surface area contributed by atoms with E-state index in [0.717, 1.165) is 24.3 Å². The zero-order valence-electron chi connectivity index (χ0n) is 16.8. The molecule has 2 heterocycles. The number of anilines is 2. The van der Waals surface area contributed by atoms with Gasteiger partial charge in [-0.3, -0.25) is 4.79 Å². The van der Waals surface area contributed by atoms with Crippen LogP contribution in [0.3, 0.4) is 0 Å². The zero-order chi connectivity index (χ0) is 20.5. The van der Waals surface area contributed by atoms with Crippen LogP contribution < -0.4 is 15.5 Å². The number of hydrogen-bond acceptors (Lipinski definition) is 4. The van der Waals surface area contributed by atoms with Crippen molar-refractivity contribution in [3.8, 4) is 0 Å². The first-order valence-corrected chi connectivity index (χ1v) is 10.2. The number of hydrogen-bond donors (Lipinski definition) is 2. The topological polar surface area (TPSA) is 91.0 Å². The standard InChI is InChI=1S/C21H26N4O4/c1-21(2)18(26)25(20(28)23-21)14-6-4-5-13(9-14)22-19(27)24-10-12-7-11-8-15(12)16(24)17(11)29-3/h4-6,9,11-12,15-17H,7-8,10H2,1-3H3,(H,22,27)(H,23,28). The van der Waals surface area contributed by atoms with Gasteiger partial charge in [-0.15, -0.1) is 0 Å². The smallest absolute Gasteiger partial charge is 0.329 e. The number of amides is 5. The summed E-state index contributed by atoms with van der Waals surface area (Å²) in [6.07, 6.45) is 2.40. The highest BCUT2D eigenvalue weighted by atomic mass is 16.5. The molecule has 2 aliphatic heterocycles. The van der Waals surface area contributed by atoms with Gasteiger partial charge in [-0.05, 0) is 62.6 Å².